The van der Waals surface area contributed by atoms with Crippen molar-refractivity contribution in [2.45, 2.75) is 85.3 Å². The molecule has 0 aliphatic heterocycles. The first kappa shape index (κ1) is 31.9. The Hall–Kier alpha value is -3.14. The standard InChI is InChI=1S/C27H41NO9/c1-7-10-24(29)36-22-13-12-20(15-23(22)37-25(30)11-8-2)14-21(26(31)33-6)28-16-19(5)35-27(32)34-17-18(4)9-3/h12-13,15,18-19,21,28H,7-11,14,16-17H2,1-6H3/t18?,19?,21-/m0/s1. The molecule has 10 heteroatoms. The smallest absolute Gasteiger partial charge is 0.468 e. The van der Waals surface area contributed by atoms with Gasteiger partial charge in [-0.2, -0.15) is 0 Å². The number of hydrogen-bond acceptors (Lipinski definition) is 10. The van der Waals surface area contributed by atoms with Gasteiger partial charge in [0.2, 0.25) is 0 Å². The molecule has 208 valence electrons. The number of methoxy groups -OCH3 is 1. The fraction of sp³-hybridized carbons (Fsp3) is 0.630. The van der Waals surface area contributed by atoms with Crippen molar-refractivity contribution in [1.82, 2.24) is 5.32 Å². The van der Waals surface area contributed by atoms with Gasteiger partial charge in [-0.3, -0.25) is 14.4 Å². The highest BCUT2D eigenvalue weighted by molar-refractivity contribution is 5.77. The van der Waals surface area contributed by atoms with Gasteiger partial charge in [-0.15, -0.1) is 0 Å². The average molecular weight is 524 g/mol. The zero-order valence-corrected chi connectivity index (χ0v) is 22.8. The second-order valence-corrected chi connectivity index (χ2v) is 8.92. The number of benzene rings is 1. The van der Waals surface area contributed by atoms with Crippen molar-refractivity contribution in [3.8, 4) is 11.5 Å². The maximum absolute atomic E-state index is 12.4. The molecule has 1 aromatic carbocycles. The van der Waals surface area contributed by atoms with Crippen LogP contribution in [0.5, 0.6) is 11.5 Å². The van der Waals surface area contributed by atoms with Gasteiger partial charge >= 0.3 is 24.1 Å². The van der Waals surface area contributed by atoms with Crippen molar-refractivity contribution in [2.75, 3.05) is 20.3 Å². The summed E-state index contributed by atoms with van der Waals surface area (Å²) in [5.74, 6) is -0.945. The zero-order valence-electron chi connectivity index (χ0n) is 22.8. The highest BCUT2D eigenvalue weighted by Gasteiger charge is 2.23. The highest BCUT2D eigenvalue weighted by atomic mass is 16.7. The SMILES string of the molecule is CCCC(=O)Oc1ccc(C[C@H](NCC(C)OC(=O)OCC(C)CC)C(=O)OC)cc1OC(=O)CCC. The summed E-state index contributed by atoms with van der Waals surface area (Å²) in [6.07, 6.45) is 1.38. The van der Waals surface area contributed by atoms with Crippen LogP contribution in [0.1, 0.15) is 72.3 Å². The fourth-order valence-corrected chi connectivity index (χ4v) is 3.09. The van der Waals surface area contributed by atoms with E-state index in [1.807, 2.05) is 27.7 Å². The number of carbonyl (C=O) groups excluding carboxylic acids is 4. The average Bonchev–Trinajstić information content (AvgIpc) is 2.86. The molecule has 1 N–H and O–H groups in total. The quantitative estimate of drug-likeness (QED) is 0.247. The summed E-state index contributed by atoms with van der Waals surface area (Å²) < 4.78 is 26.1. The Morgan fingerprint density at radius 1 is 0.919 bits per heavy atom. The van der Waals surface area contributed by atoms with Crippen LogP contribution in [-0.4, -0.2) is 56.5 Å². The minimum Gasteiger partial charge on any atom is -0.468 e. The Bertz CT molecular complexity index is 887. The van der Waals surface area contributed by atoms with E-state index in [1.54, 1.807) is 19.1 Å². The number of ether oxygens (including phenoxy) is 5. The van der Waals surface area contributed by atoms with Crippen LogP contribution in [-0.2, 0) is 35.0 Å². The van der Waals surface area contributed by atoms with Crippen LogP contribution >= 0.6 is 0 Å². The van der Waals surface area contributed by atoms with E-state index in [0.717, 1.165) is 6.42 Å². The summed E-state index contributed by atoms with van der Waals surface area (Å²) in [5, 5.41) is 3.04. The lowest BCUT2D eigenvalue weighted by Crippen LogP contribution is -2.43. The van der Waals surface area contributed by atoms with Gasteiger partial charge in [0.25, 0.3) is 0 Å². The monoisotopic (exact) mass is 523 g/mol. The molecule has 0 saturated carbocycles. The first-order chi connectivity index (χ1) is 17.6. The molecule has 0 aliphatic carbocycles. The summed E-state index contributed by atoms with van der Waals surface area (Å²) >= 11 is 0. The normalized spacial score (nSPS) is 13.1. The molecule has 0 fully saturated rings. The van der Waals surface area contributed by atoms with E-state index in [1.165, 1.54) is 13.2 Å². The van der Waals surface area contributed by atoms with Crippen LogP contribution in [0, 0.1) is 5.92 Å². The van der Waals surface area contributed by atoms with Gasteiger partial charge in [0.05, 0.1) is 13.7 Å². The predicted molar refractivity (Wildman–Crippen MR) is 136 cm³/mol. The van der Waals surface area contributed by atoms with Gasteiger partial charge in [0, 0.05) is 19.4 Å². The lowest BCUT2D eigenvalue weighted by atomic mass is 10.0. The molecule has 0 radical (unpaired) electrons. The van der Waals surface area contributed by atoms with Crippen LogP contribution in [0.3, 0.4) is 0 Å². The maximum Gasteiger partial charge on any atom is 0.508 e. The molecule has 0 aromatic heterocycles. The molecule has 1 aromatic rings. The minimum absolute atomic E-state index is 0.102. The molecular weight excluding hydrogens is 482 g/mol. The van der Waals surface area contributed by atoms with Gasteiger partial charge in [0.15, 0.2) is 11.5 Å². The molecule has 3 atom stereocenters. The second kappa shape index (κ2) is 17.3. The van der Waals surface area contributed by atoms with Crippen LogP contribution in [0.25, 0.3) is 0 Å². The van der Waals surface area contributed by atoms with Crippen molar-refractivity contribution in [3.63, 3.8) is 0 Å². The Kier molecular flexibility index (Phi) is 14.9. The number of nitrogens with one attached hydrogen (secondary N) is 1. The zero-order chi connectivity index (χ0) is 27.8. The molecule has 0 amide bonds. The van der Waals surface area contributed by atoms with Crippen molar-refractivity contribution in [1.29, 1.82) is 0 Å². The molecule has 0 spiro atoms. The van der Waals surface area contributed by atoms with Crippen molar-refractivity contribution < 1.29 is 42.9 Å². The summed E-state index contributed by atoms with van der Waals surface area (Å²) in [6.45, 7) is 9.80. The number of carbonyl (C=O) groups is 4. The Labute approximate surface area is 219 Å². The Balaban J connectivity index is 2.92. The van der Waals surface area contributed by atoms with Crippen LogP contribution in [0.2, 0.25) is 0 Å². The second-order valence-electron chi connectivity index (χ2n) is 8.92. The van der Waals surface area contributed by atoms with E-state index in [9.17, 15) is 19.2 Å². The van der Waals surface area contributed by atoms with E-state index in [4.69, 9.17) is 23.7 Å². The molecule has 0 bridgehead atoms. The van der Waals surface area contributed by atoms with E-state index < -0.39 is 36.2 Å². The van der Waals surface area contributed by atoms with Gasteiger partial charge in [0.1, 0.15) is 12.1 Å². The minimum atomic E-state index is -0.778. The van der Waals surface area contributed by atoms with E-state index in [-0.39, 0.29) is 49.8 Å². The molecule has 0 aliphatic rings. The third-order valence-electron chi connectivity index (χ3n) is 5.42. The van der Waals surface area contributed by atoms with Crippen molar-refractivity contribution >= 4 is 24.1 Å². The third-order valence-corrected chi connectivity index (χ3v) is 5.42. The Morgan fingerprint density at radius 2 is 1.54 bits per heavy atom. The molecule has 10 nitrogen and oxygen atoms in total. The summed E-state index contributed by atoms with van der Waals surface area (Å²) in [6, 6.07) is 3.99. The summed E-state index contributed by atoms with van der Waals surface area (Å²) in [7, 11) is 1.28. The first-order valence-corrected chi connectivity index (χ1v) is 12.8. The van der Waals surface area contributed by atoms with Gasteiger partial charge < -0.3 is 29.0 Å². The maximum atomic E-state index is 12.4. The molecule has 2 unspecified atom stereocenters. The van der Waals surface area contributed by atoms with Crippen LogP contribution in [0.4, 0.5) is 4.79 Å². The number of hydrogen-bond donors (Lipinski definition) is 1. The van der Waals surface area contributed by atoms with E-state index in [2.05, 4.69) is 5.32 Å². The first-order valence-electron chi connectivity index (χ1n) is 12.8. The lowest BCUT2D eigenvalue weighted by Gasteiger charge is -2.20. The molecular formula is C27H41NO9. The molecule has 0 heterocycles. The number of esters is 3. The lowest BCUT2D eigenvalue weighted by molar-refractivity contribution is -0.143. The predicted octanol–water partition coefficient (Wildman–Crippen LogP) is 4.36. The topological polar surface area (TPSA) is 126 Å². The third kappa shape index (κ3) is 12.6. The van der Waals surface area contributed by atoms with Crippen LogP contribution < -0.4 is 14.8 Å². The van der Waals surface area contributed by atoms with E-state index in [0.29, 0.717) is 18.4 Å². The summed E-state index contributed by atoms with van der Waals surface area (Å²) in [5.41, 5.74) is 0.638. The van der Waals surface area contributed by atoms with Crippen LogP contribution in [0.15, 0.2) is 18.2 Å². The fourth-order valence-electron chi connectivity index (χ4n) is 3.09. The summed E-state index contributed by atoms with van der Waals surface area (Å²) in [4.78, 5) is 48.4. The highest BCUT2D eigenvalue weighted by Crippen LogP contribution is 2.30. The van der Waals surface area contributed by atoms with Gasteiger partial charge in [-0.25, -0.2) is 4.79 Å². The Morgan fingerprint density at radius 3 is 2.11 bits per heavy atom. The van der Waals surface area contributed by atoms with Gasteiger partial charge in [-0.05, 0) is 49.8 Å². The number of rotatable bonds is 16. The molecule has 1 rings (SSSR count). The molecule has 0 saturated heterocycles. The van der Waals surface area contributed by atoms with E-state index >= 15 is 0 Å². The van der Waals surface area contributed by atoms with Crippen molar-refractivity contribution in [3.05, 3.63) is 23.8 Å². The largest absolute Gasteiger partial charge is 0.508 e. The van der Waals surface area contributed by atoms with Gasteiger partial charge in [-0.1, -0.05) is 40.2 Å². The molecule has 37 heavy (non-hydrogen) atoms. The van der Waals surface area contributed by atoms with Crippen molar-refractivity contribution in [2.24, 2.45) is 5.92 Å².